The minimum absolute atomic E-state index is 0.00284. The second-order valence-corrected chi connectivity index (χ2v) is 11.6. The van der Waals surface area contributed by atoms with Crippen molar-refractivity contribution in [2.45, 2.75) is 11.4 Å². The molecule has 1 saturated heterocycles. The number of para-hydroxylation sites is 1. The zero-order valence-electron chi connectivity index (χ0n) is 20.0. The highest BCUT2D eigenvalue weighted by molar-refractivity contribution is 8.18. The SMILES string of the molecule is O=C1S/C(=C\c2ccccc2OS(=O)(=O)c2ccc3ccccc3c2)C(=O)N1Cc1cc2c(cc1Cl)OCO2. The quantitative estimate of drug-likeness (QED) is 0.196. The van der Waals surface area contributed by atoms with E-state index in [1.54, 1.807) is 42.5 Å². The lowest BCUT2D eigenvalue weighted by molar-refractivity contribution is -0.123. The predicted molar refractivity (Wildman–Crippen MR) is 147 cm³/mol. The van der Waals surface area contributed by atoms with Crippen LogP contribution in [0.15, 0.2) is 88.7 Å². The Kier molecular flexibility index (Phi) is 6.46. The molecule has 0 N–H and O–H groups in total. The van der Waals surface area contributed by atoms with Gasteiger partial charge in [0.15, 0.2) is 11.5 Å². The van der Waals surface area contributed by atoms with Gasteiger partial charge >= 0.3 is 10.1 Å². The molecule has 4 aromatic carbocycles. The second-order valence-electron chi connectivity index (χ2n) is 8.65. The first-order valence-electron chi connectivity index (χ1n) is 11.6. The molecule has 11 heteroatoms. The Morgan fingerprint density at radius 1 is 0.923 bits per heavy atom. The van der Waals surface area contributed by atoms with Crippen LogP contribution in [0.25, 0.3) is 16.8 Å². The second kappa shape index (κ2) is 9.96. The maximum absolute atomic E-state index is 13.2. The number of hydrogen-bond donors (Lipinski definition) is 0. The molecule has 0 unspecified atom stereocenters. The van der Waals surface area contributed by atoms with E-state index in [9.17, 15) is 18.0 Å². The largest absolute Gasteiger partial charge is 0.454 e. The van der Waals surface area contributed by atoms with Crippen molar-refractivity contribution in [2.24, 2.45) is 0 Å². The molecule has 6 rings (SSSR count). The van der Waals surface area contributed by atoms with Gasteiger partial charge in [0.1, 0.15) is 10.6 Å². The van der Waals surface area contributed by atoms with Gasteiger partial charge < -0.3 is 13.7 Å². The smallest absolute Gasteiger partial charge is 0.339 e. The minimum atomic E-state index is -4.18. The zero-order chi connectivity index (χ0) is 27.1. The highest BCUT2D eigenvalue weighted by Crippen LogP contribution is 2.40. The number of hydrogen-bond acceptors (Lipinski definition) is 8. The van der Waals surface area contributed by atoms with Gasteiger partial charge in [-0.15, -0.1) is 0 Å². The third kappa shape index (κ3) is 4.94. The van der Waals surface area contributed by atoms with Gasteiger partial charge in [-0.05, 0) is 58.4 Å². The average Bonchev–Trinajstić information content (AvgIpc) is 3.48. The molecule has 39 heavy (non-hydrogen) atoms. The van der Waals surface area contributed by atoms with E-state index in [2.05, 4.69) is 0 Å². The minimum Gasteiger partial charge on any atom is -0.454 e. The van der Waals surface area contributed by atoms with Crippen LogP contribution in [0.1, 0.15) is 11.1 Å². The molecule has 0 saturated carbocycles. The maximum atomic E-state index is 13.2. The molecule has 0 radical (unpaired) electrons. The van der Waals surface area contributed by atoms with Gasteiger partial charge in [0.05, 0.1) is 11.4 Å². The van der Waals surface area contributed by atoms with Crippen LogP contribution >= 0.6 is 23.4 Å². The number of imide groups is 1. The fraction of sp³-hybridized carbons (Fsp3) is 0.0714. The zero-order valence-corrected chi connectivity index (χ0v) is 22.4. The van der Waals surface area contributed by atoms with Gasteiger partial charge in [-0.3, -0.25) is 14.5 Å². The standard InChI is InChI=1S/C28H18ClNO7S2/c29-22-14-25-24(35-16-36-25)12-20(22)15-30-27(31)26(38-28(30)32)13-19-7-3-4-8-23(19)37-39(33,34)21-10-9-17-5-1-2-6-18(17)11-21/h1-14H,15-16H2/b26-13-. The molecular weight excluding hydrogens is 562 g/mol. The number of benzene rings is 4. The van der Waals surface area contributed by atoms with Crippen molar-refractivity contribution < 1.29 is 31.7 Å². The summed E-state index contributed by atoms with van der Waals surface area (Å²) in [4.78, 5) is 27.1. The molecule has 2 amide bonds. The van der Waals surface area contributed by atoms with E-state index in [1.807, 2.05) is 24.3 Å². The van der Waals surface area contributed by atoms with E-state index >= 15 is 0 Å². The van der Waals surface area contributed by atoms with Crippen LogP contribution in [0.5, 0.6) is 17.2 Å². The van der Waals surface area contributed by atoms with Crippen LogP contribution in [-0.2, 0) is 21.5 Å². The summed E-state index contributed by atoms with van der Waals surface area (Å²) >= 11 is 7.08. The fourth-order valence-corrected chi connectivity index (χ4v) is 6.23. The summed E-state index contributed by atoms with van der Waals surface area (Å²) in [6.07, 6.45) is 1.44. The Hall–Kier alpha value is -3.99. The van der Waals surface area contributed by atoms with Crippen molar-refractivity contribution in [1.29, 1.82) is 0 Å². The Bertz CT molecular complexity index is 1800. The molecule has 2 aliphatic heterocycles. The lowest BCUT2D eigenvalue weighted by Crippen LogP contribution is -2.27. The van der Waals surface area contributed by atoms with E-state index in [0.29, 0.717) is 27.6 Å². The molecule has 0 aromatic heterocycles. The Morgan fingerprint density at radius 2 is 1.64 bits per heavy atom. The normalized spacial score (nSPS) is 15.9. The summed E-state index contributed by atoms with van der Waals surface area (Å²) in [5.74, 6) is 0.464. The first-order valence-corrected chi connectivity index (χ1v) is 14.2. The van der Waals surface area contributed by atoms with E-state index in [0.717, 1.165) is 27.4 Å². The van der Waals surface area contributed by atoms with Crippen molar-refractivity contribution >= 4 is 61.5 Å². The predicted octanol–water partition coefficient (Wildman–Crippen LogP) is 6.23. The third-order valence-electron chi connectivity index (χ3n) is 6.16. The number of fused-ring (bicyclic) bond motifs is 2. The molecule has 0 spiro atoms. The molecule has 4 aromatic rings. The number of amides is 2. The Labute approximate surface area is 232 Å². The first-order chi connectivity index (χ1) is 18.8. The summed E-state index contributed by atoms with van der Waals surface area (Å²) in [6, 6.07) is 21.7. The Morgan fingerprint density at radius 3 is 2.46 bits per heavy atom. The molecule has 0 bridgehead atoms. The van der Waals surface area contributed by atoms with E-state index in [1.165, 1.54) is 18.2 Å². The summed E-state index contributed by atoms with van der Waals surface area (Å²) in [7, 11) is -4.18. The number of ether oxygens (including phenoxy) is 2. The summed E-state index contributed by atoms with van der Waals surface area (Å²) in [6.45, 7) is 0.00344. The maximum Gasteiger partial charge on any atom is 0.339 e. The molecule has 0 atom stereocenters. The molecule has 8 nitrogen and oxygen atoms in total. The number of rotatable bonds is 6. The summed E-state index contributed by atoms with van der Waals surface area (Å²) in [5.41, 5.74) is 0.850. The van der Waals surface area contributed by atoms with Gasteiger partial charge in [0.2, 0.25) is 6.79 Å². The monoisotopic (exact) mass is 579 g/mol. The van der Waals surface area contributed by atoms with Crippen molar-refractivity contribution in [3.05, 3.63) is 99.9 Å². The van der Waals surface area contributed by atoms with Crippen LogP contribution in [0.3, 0.4) is 0 Å². The number of carbonyl (C=O) groups excluding carboxylic acids is 2. The van der Waals surface area contributed by atoms with Gasteiger partial charge in [0, 0.05) is 16.7 Å². The van der Waals surface area contributed by atoms with Crippen LogP contribution in [0.2, 0.25) is 5.02 Å². The van der Waals surface area contributed by atoms with Gasteiger partial charge in [-0.2, -0.15) is 8.42 Å². The molecule has 2 aliphatic rings. The average molecular weight is 580 g/mol. The Balaban J connectivity index is 1.26. The molecule has 0 aliphatic carbocycles. The molecule has 196 valence electrons. The third-order valence-corrected chi connectivity index (χ3v) is 8.65. The fourth-order valence-electron chi connectivity index (χ4n) is 4.19. The van der Waals surface area contributed by atoms with E-state index < -0.39 is 21.3 Å². The first kappa shape index (κ1) is 25.3. The molecule has 1 fully saturated rings. The molecule has 2 heterocycles. The van der Waals surface area contributed by atoms with E-state index in [4.69, 9.17) is 25.3 Å². The molecular formula is C28H18ClNO7S2. The van der Waals surface area contributed by atoms with Crippen LogP contribution in [-0.4, -0.2) is 31.3 Å². The van der Waals surface area contributed by atoms with E-state index in [-0.39, 0.29) is 28.9 Å². The van der Waals surface area contributed by atoms with Crippen LogP contribution in [0, 0.1) is 0 Å². The number of thioether (sulfide) groups is 1. The lowest BCUT2D eigenvalue weighted by Gasteiger charge is -2.14. The summed E-state index contributed by atoms with van der Waals surface area (Å²) < 4.78 is 42.4. The van der Waals surface area contributed by atoms with Crippen LogP contribution < -0.4 is 13.7 Å². The highest BCUT2D eigenvalue weighted by Gasteiger charge is 2.36. The van der Waals surface area contributed by atoms with Gasteiger partial charge in [0.25, 0.3) is 11.1 Å². The van der Waals surface area contributed by atoms with Gasteiger partial charge in [-0.1, -0.05) is 60.1 Å². The number of carbonyl (C=O) groups is 2. The van der Waals surface area contributed by atoms with Crippen molar-refractivity contribution in [1.82, 2.24) is 4.90 Å². The van der Waals surface area contributed by atoms with Gasteiger partial charge in [-0.25, -0.2) is 0 Å². The lowest BCUT2D eigenvalue weighted by atomic mass is 10.1. The summed E-state index contributed by atoms with van der Waals surface area (Å²) in [5, 5.41) is 1.50. The topological polar surface area (TPSA) is 99.2 Å². The van der Waals surface area contributed by atoms with Crippen molar-refractivity contribution in [3.8, 4) is 17.2 Å². The number of halogens is 1. The number of nitrogens with zero attached hydrogens (tertiary/aromatic N) is 1. The van der Waals surface area contributed by atoms with Crippen LogP contribution in [0.4, 0.5) is 4.79 Å². The highest BCUT2D eigenvalue weighted by atomic mass is 35.5. The van der Waals surface area contributed by atoms with Crippen molar-refractivity contribution in [2.75, 3.05) is 6.79 Å². The van der Waals surface area contributed by atoms with Crippen molar-refractivity contribution in [3.63, 3.8) is 0 Å².